The number of methoxy groups -OCH3 is 1. The molecule has 0 fully saturated rings. The van der Waals surface area contributed by atoms with E-state index >= 15 is 0 Å². The topological polar surface area (TPSA) is 54.7 Å². The standard InChI is InChI=1S/C13H22N2O3/c1-5-15(3)7-6-14-9-11-8-12(10(2)18-11)13(16)17-4/h8,14H,5-7,9H2,1-4H3. The molecule has 0 radical (unpaired) electrons. The van der Waals surface area contributed by atoms with Gasteiger partial charge in [0.05, 0.1) is 13.7 Å². The molecule has 0 bridgehead atoms. The van der Waals surface area contributed by atoms with Crippen molar-refractivity contribution in [2.24, 2.45) is 0 Å². The van der Waals surface area contributed by atoms with Gasteiger partial charge in [-0.15, -0.1) is 0 Å². The molecular formula is C13H22N2O3. The lowest BCUT2D eigenvalue weighted by atomic mass is 10.2. The predicted molar refractivity (Wildman–Crippen MR) is 69.7 cm³/mol. The Hall–Kier alpha value is -1.33. The number of carbonyl (C=O) groups is 1. The molecule has 0 aromatic carbocycles. The van der Waals surface area contributed by atoms with Crippen LogP contribution in [0.15, 0.2) is 10.5 Å². The zero-order valence-corrected chi connectivity index (χ0v) is 11.6. The smallest absolute Gasteiger partial charge is 0.341 e. The molecule has 5 heteroatoms. The zero-order valence-electron chi connectivity index (χ0n) is 11.6. The molecule has 0 aliphatic heterocycles. The lowest BCUT2D eigenvalue weighted by Crippen LogP contribution is -2.28. The van der Waals surface area contributed by atoms with E-state index in [1.54, 1.807) is 13.0 Å². The van der Waals surface area contributed by atoms with Gasteiger partial charge in [-0.05, 0) is 26.6 Å². The van der Waals surface area contributed by atoms with Gasteiger partial charge in [0.15, 0.2) is 0 Å². The summed E-state index contributed by atoms with van der Waals surface area (Å²) in [6.07, 6.45) is 0. The van der Waals surface area contributed by atoms with Gasteiger partial charge < -0.3 is 19.4 Å². The van der Waals surface area contributed by atoms with Crippen molar-refractivity contribution in [1.29, 1.82) is 0 Å². The van der Waals surface area contributed by atoms with Gasteiger partial charge in [0.25, 0.3) is 0 Å². The fraction of sp³-hybridized carbons (Fsp3) is 0.615. The van der Waals surface area contributed by atoms with Gasteiger partial charge in [-0.1, -0.05) is 6.92 Å². The summed E-state index contributed by atoms with van der Waals surface area (Å²) in [6, 6.07) is 1.73. The summed E-state index contributed by atoms with van der Waals surface area (Å²) in [6.45, 7) is 7.42. The molecule has 0 saturated carbocycles. The molecule has 0 atom stereocenters. The van der Waals surface area contributed by atoms with Crippen LogP contribution >= 0.6 is 0 Å². The number of ether oxygens (including phenoxy) is 1. The Morgan fingerprint density at radius 3 is 2.89 bits per heavy atom. The maximum atomic E-state index is 11.4. The first-order valence-corrected chi connectivity index (χ1v) is 6.15. The molecule has 1 aromatic rings. The molecule has 0 spiro atoms. The highest BCUT2D eigenvalue weighted by Gasteiger charge is 2.14. The summed E-state index contributed by atoms with van der Waals surface area (Å²) in [5.41, 5.74) is 0.500. The van der Waals surface area contributed by atoms with Crippen molar-refractivity contribution in [3.8, 4) is 0 Å². The SMILES string of the molecule is CCN(C)CCNCc1cc(C(=O)OC)c(C)o1. The number of rotatable bonds is 7. The van der Waals surface area contributed by atoms with Crippen LogP contribution in [0.1, 0.15) is 28.8 Å². The van der Waals surface area contributed by atoms with E-state index in [9.17, 15) is 4.79 Å². The third-order valence-electron chi connectivity index (χ3n) is 2.88. The van der Waals surface area contributed by atoms with E-state index in [4.69, 9.17) is 4.42 Å². The van der Waals surface area contributed by atoms with E-state index in [1.165, 1.54) is 7.11 Å². The van der Waals surface area contributed by atoms with E-state index in [2.05, 4.69) is 28.9 Å². The van der Waals surface area contributed by atoms with Crippen LogP contribution in [-0.2, 0) is 11.3 Å². The number of carbonyl (C=O) groups excluding carboxylic acids is 1. The number of nitrogens with one attached hydrogen (secondary N) is 1. The normalized spacial score (nSPS) is 10.9. The Bertz CT molecular complexity index is 388. The van der Waals surface area contributed by atoms with Gasteiger partial charge in [0.1, 0.15) is 17.1 Å². The molecule has 102 valence electrons. The van der Waals surface area contributed by atoms with Gasteiger partial charge >= 0.3 is 5.97 Å². The molecule has 0 saturated heterocycles. The van der Waals surface area contributed by atoms with Crippen LogP contribution in [0.3, 0.4) is 0 Å². The third-order valence-corrected chi connectivity index (χ3v) is 2.88. The molecule has 1 rings (SSSR count). The Labute approximate surface area is 108 Å². The van der Waals surface area contributed by atoms with Gasteiger partial charge in [-0.3, -0.25) is 0 Å². The van der Waals surface area contributed by atoms with Crippen LogP contribution in [0.5, 0.6) is 0 Å². The molecular weight excluding hydrogens is 232 g/mol. The number of likely N-dealkylation sites (N-methyl/N-ethyl adjacent to an activating group) is 1. The number of aryl methyl sites for hydroxylation is 1. The molecule has 0 aliphatic rings. The van der Waals surface area contributed by atoms with Crippen LogP contribution in [0.2, 0.25) is 0 Å². The second-order valence-corrected chi connectivity index (χ2v) is 4.25. The minimum atomic E-state index is -0.354. The van der Waals surface area contributed by atoms with Crippen LogP contribution in [0.25, 0.3) is 0 Å². The van der Waals surface area contributed by atoms with E-state index in [1.807, 2.05) is 0 Å². The van der Waals surface area contributed by atoms with Crippen LogP contribution in [0.4, 0.5) is 0 Å². The first-order chi connectivity index (χ1) is 8.58. The number of hydrogen-bond donors (Lipinski definition) is 1. The quantitative estimate of drug-likeness (QED) is 0.589. The van der Waals surface area contributed by atoms with Crippen molar-refractivity contribution < 1.29 is 13.9 Å². The van der Waals surface area contributed by atoms with Crippen LogP contribution in [-0.4, -0.2) is 44.7 Å². The summed E-state index contributed by atoms with van der Waals surface area (Å²) < 4.78 is 10.2. The molecule has 0 aliphatic carbocycles. The first-order valence-electron chi connectivity index (χ1n) is 6.15. The van der Waals surface area contributed by atoms with E-state index in [-0.39, 0.29) is 5.97 Å². The van der Waals surface area contributed by atoms with E-state index in [0.29, 0.717) is 17.9 Å². The maximum absolute atomic E-state index is 11.4. The molecule has 1 aromatic heterocycles. The predicted octanol–water partition coefficient (Wildman–Crippen LogP) is 1.42. The molecule has 0 amide bonds. The third kappa shape index (κ3) is 4.16. The second kappa shape index (κ2) is 7.18. The number of furan rings is 1. The number of esters is 1. The molecule has 0 unspecified atom stereocenters. The Kier molecular flexibility index (Phi) is 5.88. The second-order valence-electron chi connectivity index (χ2n) is 4.25. The van der Waals surface area contributed by atoms with E-state index < -0.39 is 0 Å². The molecule has 1 heterocycles. The minimum Gasteiger partial charge on any atom is -0.465 e. The monoisotopic (exact) mass is 254 g/mol. The summed E-state index contributed by atoms with van der Waals surface area (Å²) in [5.74, 6) is 1.00. The average molecular weight is 254 g/mol. The van der Waals surface area contributed by atoms with Gasteiger partial charge in [0, 0.05) is 13.1 Å². The zero-order chi connectivity index (χ0) is 13.5. The summed E-state index contributed by atoms with van der Waals surface area (Å²) >= 11 is 0. The highest BCUT2D eigenvalue weighted by atomic mass is 16.5. The molecule has 18 heavy (non-hydrogen) atoms. The number of hydrogen-bond acceptors (Lipinski definition) is 5. The van der Waals surface area contributed by atoms with E-state index in [0.717, 1.165) is 25.4 Å². The van der Waals surface area contributed by atoms with Crippen molar-refractivity contribution in [2.75, 3.05) is 33.8 Å². The molecule has 1 N–H and O–H groups in total. The van der Waals surface area contributed by atoms with Crippen molar-refractivity contribution in [1.82, 2.24) is 10.2 Å². The molecule has 5 nitrogen and oxygen atoms in total. The van der Waals surface area contributed by atoms with Gasteiger partial charge in [0.2, 0.25) is 0 Å². The number of nitrogens with zero attached hydrogens (tertiary/aromatic N) is 1. The lowest BCUT2D eigenvalue weighted by Gasteiger charge is -2.13. The van der Waals surface area contributed by atoms with Crippen molar-refractivity contribution in [3.05, 3.63) is 23.2 Å². The summed E-state index contributed by atoms with van der Waals surface area (Å²) in [7, 11) is 3.45. The maximum Gasteiger partial charge on any atom is 0.341 e. The fourth-order valence-corrected chi connectivity index (χ4v) is 1.58. The van der Waals surface area contributed by atoms with Crippen molar-refractivity contribution in [3.63, 3.8) is 0 Å². The van der Waals surface area contributed by atoms with Gasteiger partial charge in [-0.2, -0.15) is 0 Å². The van der Waals surface area contributed by atoms with Crippen molar-refractivity contribution in [2.45, 2.75) is 20.4 Å². The van der Waals surface area contributed by atoms with Gasteiger partial charge in [-0.25, -0.2) is 4.79 Å². The summed E-state index contributed by atoms with van der Waals surface area (Å²) in [4.78, 5) is 13.6. The van der Waals surface area contributed by atoms with Crippen LogP contribution in [0, 0.1) is 6.92 Å². The first kappa shape index (κ1) is 14.7. The fourth-order valence-electron chi connectivity index (χ4n) is 1.58. The Morgan fingerprint density at radius 1 is 1.56 bits per heavy atom. The van der Waals surface area contributed by atoms with Crippen LogP contribution < -0.4 is 5.32 Å². The highest BCUT2D eigenvalue weighted by molar-refractivity contribution is 5.90. The Morgan fingerprint density at radius 2 is 2.28 bits per heavy atom. The average Bonchev–Trinajstić information content (AvgIpc) is 2.74. The van der Waals surface area contributed by atoms with Crippen molar-refractivity contribution >= 4 is 5.97 Å². The lowest BCUT2D eigenvalue weighted by molar-refractivity contribution is 0.0599. The summed E-state index contributed by atoms with van der Waals surface area (Å²) in [5, 5.41) is 3.28. The minimum absolute atomic E-state index is 0.354. The Balaban J connectivity index is 2.42. The largest absolute Gasteiger partial charge is 0.465 e. The highest BCUT2D eigenvalue weighted by Crippen LogP contribution is 2.15.